The van der Waals surface area contributed by atoms with Gasteiger partial charge in [-0.05, 0) is 32.3 Å². The van der Waals surface area contributed by atoms with E-state index in [-0.39, 0.29) is 24.4 Å². The van der Waals surface area contributed by atoms with E-state index < -0.39 is 28.9 Å². The molecule has 5 rings (SSSR count). The predicted molar refractivity (Wildman–Crippen MR) is 131 cm³/mol. The molecule has 1 spiro atoms. The van der Waals surface area contributed by atoms with Crippen LogP contribution in [0.3, 0.4) is 0 Å². The van der Waals surface area contributed by atoms with Crippen LogP contribution in [0.2, 0.25) is 0 Å². The molecule has 0 radical (unpaired) electrons. The fourth-order valence-electron chi connectivity index (χ4n) is 5.00. The van der Waals surface area contributed by atoms with Crippen LogP contribution >= 0.6 is 0 Å². The molecule has 0 unspecified atom stereocenters. The number of likely N-dealkylation sites (N-methyl/N-ethyl adjacent to an activating group) is 1. The number of ketones is 1. The summed E-state index contributed by atoms with van der Waals surface area (Å²) >= 11 is 0. The van der Waals surface area contributed by atoms with Gasteiger partial charge in [-0.25, -0.2) is 0 Å². The molecule has 35 heavy (non-hydrogen) atoms. The summed E-state index contributed by atoms with van der Waals surface area (Å²) in [6.07, 6.45) is 1.58. The first-order valence-electron chi connectivity index (χ1n) is 11.3. The van der Waals surface area contributed by atoms with Crippen molar-refractivity contribution in [2.75, 3.05) is 38.6 Å². The number of amides is 2. The molecule has 1 N–H and O–H groups in total. The standard InChI is InChI=1S/C27H25N3O5/c1-4-13-29-19-11-7-6-10-18(19)27(26(29)34)22(24(32)25(33)30(27)15-14-28(2)3)23(31)21-16-17-9-5-8-12-20(17)35-21/h4-12,16,32H,1,13-15H2,2-3H3/t27-/m1/s1. The summed E-state index contributed by atoms with van der Waals surface area (Å²) in [6, 6.07) is 15.7. The lowest BCUT2D eigenvalue weighted by Gasteiger charge is -2.36. The smallest absolute Gasteiger partial charge is 0.290 e. The first-order chi connectivity index (χ1) is 16.8. The minimum atomic E-state index is -1.81. The van der Waals surface area contributed by atoms with Gasteiger partial charge in [0.2, 0.25) is 5.78 Å². The first kappa shape index (κ1) is 22.6. The third-order valence-corrected chi connectivity index (χ3v) is 6.55. The van der Waals surface area contributed by atoms with Crippen LogP contribution in [-0.2, 0) is 15.1 Å². The van der Waals surface area contributed by atoms with Gasteiger partial charge in [0.15, 0.2) is 17.1 Å². The molecule has 1 atom stereocenters. The van der Waals surface area contributed by atoms with E-state index in [0.29, 0.717) is 28.8 Å². The molecule has 3 aromatic rings. The topological polar surface area (TPSA) is 94.3 Å². The minimum Gasteiger partial charge on any atom is -0.503 e. The van der Waals surface area contributed by atoms with Crippen molar-refractivity contribution in [2.24, 2.45) is 0 Å². The lowest BCUT2D eigenvalue weighted by molar-refractivity contribution is -0.139. The Hall–Kier alpha value is -4.17. The number of benzene rings is 2. The Morgan fingerprint density at radius 1 is 1.14 bits per heavy atom. The highest BCUT2D eigenvalue weighted by molar-refractivity contribution is 6.26. The average Bonchev–Trinajstić information content (AvgIpc) is 3.45. The molecular formula is C27H25N3O5. The Kier molecular flexibility index (Phi) is 5.33. The molecule has 2 amide bonds. The quantitative estimate of drug-likeness (QED) is 0.420. The van der Waals surface area contributed by atoms with Gasteiger partial charge in [-0.2, -0.15) is 0 Å². The second kappa shape index (κ2) is 8.25. The van der Waals surface area contributed by atoms with Gasteiger partial charge in [-0.15, -0.1) is 6.58 Å². The normalized spacial score (nSPS) is 19.5. The molecule has 2 aliphatic rings. The molecule has 0 saturated heterocycles. The Balaban J connectivity index is 1.75. The van der Waals surface area contributed by atoms with E-state index in [1.165, 1.54) is 9.80 Å². The number of fused-ring (bicyclic) bond motifs is 3. The summed E-state index contributed by atoms with van der Waals surface area (Å²) in [7, 11) is 3.69. The van der Waals surface area contributed by atoms with Crippen molar-refractivity contribution in [1.82, 2.24) is 9.80 Å². The predicted octanol–water partition coefficient (Wildman–Crippen LogP) is 3.26. The van der Waals surface area contributed by atoms with Crippen LogP contribution in [0.1, 0.15) is 16.1 Å². The number of carbonyl (C=O) groups excluding carboxylic acids is 3. The second-order valence-corrected chi connectivity index (χ2v) is 8.89. The molecule has 0 saturated carbocycles. The molecule has 0 aliphatic carbocycles. The highest BCUT2D eigenvalue weighted by Gasteiger charge is 2.65. The number of nitrogens with zero attached hydrogens (tertiary/aromatic N) is 3. The maximum atomic E-state index is 14.2. The SMILES string of the molecule is C=CCN1C(=O)[C@]2(C(C(=O)c3cc4ccccc4o3)=C(O)C(=O)N2CCN(C)C)c2ccccc21. The highest BCUT2D eigenvalue weighted by Crippen LogP contribution is 2.53. The summed E-state index contributed by atoms with van der Waals surface area (Å²) in [4.78, 5) is 46.2. The van der Waals surface area contributed by atoms with Crippen LogP contribution in [0, 0.1) is 0 Å². The van der Waals surface area contributed by atoms with E-state index in [2.05, 4.69) is 6.58 Å². The van der Waals surface area contributed by atoms with Crippen LogP contribution in [0.15, 0.2) is 83.0 Å². The third kappa shape index (κ3) is 3.14. The van der Waals surface area contributed by atoms with Crippen molar-refractivity contribution in [3.63, 3.8) is 0 Å². The number of carbonyl (C=O) groups is 3. The molecule has 2 aromatic carbocycles. The number of Topliss-reactive ketones (excluding diaryl/α,β-unsaturated/α-hetero) is 1. The number of furan rings is 1. The zero-order chi connectivity index (χ0) is 24.9. The number of aliphatic hydroxyl groups is 1. The Morgan fingerprint density at radius 2 is 1.86 bits per heavy atom. The number of aliphatic hydroxyl groups excluding tert-OH is 1. The van der Waals surface area contributed by atoms with Crippen molar-refractivity contribution in [1.29, 1.82) is 0 Å². The van der Waals surface area contributed by atoms with Crippen LogP contribution in [0.5, 0.6) is 0 Å². The van der Waals surface area contributed by atoms with Crippen molar-refractivity contribution in [3.05, 3.63) is 89.9 Å². The zero-order valence-corrected chi connectivity index (χ0v) is 19.5. The van der Waals surface area contributed by atoms with Crippen molar-refractivity contribution < 1.29 is 23.9 Å². The van der Waals surface area contributed by atoms with Crippen molar-refractivity contribution in [2.45, 2.75) is 5.54 Å². The van der Waals surface area contributed by atoms with Crippen LogP contribution < -0.4 is 4.90 Å². The third-order valence-electron chi connectivity index (χ3n) is 6.55. The van der Waals surface area contributed by atoms with E-state index in [1.807, 2.05) is 25.1 Å². The molecule has 1 aromatic heterocycles. The number of rotatable bonds is 7. The van der Waals surface area contributed by atoms with E-state index in [1.54, 1.807) is 54.6 Å². The number of anilines is 1. The molecule has 0 bridgehead atoms. The van der Waals surface area contributed by atoms with E-state index in [9.17, 15) is 19.5 Å². The molecule has 178 valence electrons. The van der Waals surface area contributed by atoms with Crippen LogP contribution in [0.25, 0.3) is 11.0 Å². The Morgan fingerprint density at radius 3 is 2.57 bits per heavy atom. The van der Waals surface area contributed by atoms with Gasteiger partial charge >= 0.3 is 0 Å². The number of hydrogen-bond acceptors (Lipinski definition) is 6. The van der Waals surface area contributed by atoms with Crippen LogP contribution in [0.4, 0.5) is 5.69 Å². The van der Waals surface area contributed by atoms with Crippen molar-refractivity contribution >= 4 is 34.3 Å². The molecule has 3 heterocycles. The van der Waals surface area contributed by atoms with E-state index in [4.69, 9.17) is 4.42 Å². The van der Waals surface area contributed by atoms with Gasteiger partial charge in [0.05, 0.1) is 11.3 Å². The summed E-state index contributed by atoms with van der Waals surface area (Å²) in [5.74, 6) is -2.76. The zero-order valence-electron chi connectivity index (χ0n) is 19.5. The maximum absolute atomic E-state index is 14.2. The van der Waals surface area contributed by atoms with Crippen molar-refractivity contribution in [3.8, 4) is 0 Å². The lowest BCUT2D eigenvalue weighted by atomic mass is 9.81. The molecule has 8 heteroatoms. The average molecular weight is 472 g/mol. The van der Waals surface area contributed by atoms with Gasteiger partial charge in [-0.3, -0.25) is 14.4 Å². The summed E-state index contributed by atoms with van der Waals surface area (Å²) in [6.45, 7) is 4.48. The van der Waals surface area contributed by atoms with Gasteiger partial charge in [0.25, 0.3) is 11.8 Å². The van der Waals surface area contributed by atoms with E-state index >= 15 is 0 Å². The van der Waals surface area contributed by atoms with Gasteiger partial charge in [0.1, 0.15) is 5.58 Å². The minimum absolute atomic E-state index is 0.0539. The number of hydrogen-bond donors (Lipinski definition) is 1. The summed E-state index contributed by atoms with van der Waals surface area (Å²) < 4.78 is 5.79. The van der Waals surface area contributed by atoms with Gasteiger partial charge < -0.3 is 24.2 Å². The summed E-state index contributed by atoms with van der Waals surface area (Å²) in [5.41, 5.74) is -0.589. The van der Waals surface area contributed by atoms with Gasteiger partial charge in [0, 0.05) is 30.6 Å². The van der Waals surface area contributed by atoms with Gasteiger partial charge in [-0.1, -0.05) is 42.5 Å². The second-order valence-electron chi connectivity index (χ2n) is 8.89. The lowest BCUT2D eigenvalue weighted by Crippen LogP contribution is -2.55. The summed E-state index contributed by atoms with van der Waals surface area (Å²) in [5, 5.41) is 11.8. The number of para-hydroxylation sites is 2. The van der Waals surface area contributed by atoms with E-state index in [0.717, 1.165) is 0 Å². The maximum Gasteiger partial charge on any atom is 0.290 e. The largest absolute Gasteiger partial charge is 0.503 e. The molecule has 2 aliphatic heterocycles. The fourth-order valence-corrected chi connectivity index (χ4v) is 5.00. The first-order valence-corrected chi connectivity index (χ1v) is 11.3. The Bertz CT molecular complexity index is 1390. The molecule has 0 fully saturated rings. The monoisotopic (exact) mass is 471 g/mol. The van der Waals surface area contributed by atoms with Crippen LogP contribution in [-0.4, -0.2) is 66.2 Å². The molecule has 8 nitrogen and oxygen atoms in total. The molecular weight excluding hydrogens is 446 g/mol. The highest BCUT2D eigenvalue weighted by atomic mass is 16.3. The Labute approximate surface area is 202 Å². The fraction of sp³-hybridized carbons (Fsp3) is 0.222.